The second kappa shape index (κ2) is 7.52. The van der Waals surface area contributed by atoms with Crippen LogP contribution in [0.5, 0.6) is 5.75 Å². The summed E-state index contributed by atoms with van der Waals surface area (Å²) in [5, 5.41) is 12.0. The van der Waals surface area contributed by atoms with Gasteiger partial charge >= 0.3 is 0 Å². The van der Waals surface area contributed by atoms with Crippen molar-refractivity contribution in [2.24, 2.45) is 0 Å². The number of aromatic nitrogens is 3. The molecule has 4 rings (SSSR count). The van der Waals surface area contributed by atoms with Gasteiger partial charge in [0.05, 0.1) is 17.7 Å². The van der Waals surface area contributed by atoms with E-state index in [0.29, 0.717) is 18.7 Å². The predicted molar refractivity (Wildman–Crippen MR) is 104 cm³/mol. The molecule has 2 aromatic heterocycles. The third kappa shape index (κ3) is 3.73. The van der Waals surface area contributed by atoms with E-state index in [4.69, 9.17) is 0 Å². The molecule has 0 aliphatic carbocycles. The van der Waals surface area contributed by atoms with Gasteiger partial charge in [0.2, 0.25) is 0 Å². The highest BCUT2D eigenvalue weighted by Gasteiger charge is 2.28. The number of phenols is 1. The molecule has 1 saturated heterocycles. The second-order valence-corrected chi connectivity index (χ2v) is 7.70. The molecule has 1 N–H and O–H groups in total. The third-order valence-corrected chi connectivity index (χ3v) is 5.73. The molecule has 1 atom stereocenters. The van der Waals surface area contributed by atoms with Gasteiger partial charge in [0, 0.05) is 42.3 Å². The number of amides is 1. The summed E-state index contributed by atoms with van der Waals surface area (Å²) in [4.78, 5) is 23.7. The minimum Gasteiger partial charge on any atom is -0.508 e. The summed E-state index contributed by atoms with van der Waals surface area (Å²) >= 11 is 1.59. The standard InChI is InChI=1S/C20H22N4O2S/c1-14-4-5-15(9-18(14)25)20(26)24-7-2-3-16(10-24)19-21-6-8-23(19)11-17-12-27-13-22-17/h4-6,8-9,12-13,16,25H,2-3,7,10-11H2,1H3. The Labute approximate surface area is 162 Å². The first kappa shape index (κ1) is 17.7. The van der Waals surface area contributed by atoms with Crippen molar-refractivity contribution in [1.82, 2.24) is 19.4 Å². The third-order valence-electron chi connectivity index (χ3n) is 5.09. The van der Waals surface area contributed by atoms with E-state index >= 15 is 0 Å². The van der Waals surface area contributed by atoms with Gasteiger partial charge in [0.25, 0.3) is 5.91 Å². The highest BCUT2D eigenvalue weighted by molar-refractivity contribution is 7.07. The lowest BCUT2D eigenvalue weighted by Crippen LogP contribution is -2.39. The van der Waals surface area contributed by atoms with E-state index in [9.17, 15) is 9.90 Å². The van der Waals surface area contributed by atoms with Crippen molar-refractivity contribution in [1.29, 1.82) is 0 Å². The molecular formula is C20H22N4O2S. The van der Waals surface area contributed by atoms with Gasteiger partial charge in [-0.2, -0.15) is 0 Å². The fourth-order valence-electron chi connectivity index (χ4n) is 3.60. The summed E-state index contributed by atoms with van der Waals surface area (Å²) < 4.78 is 2.13. The monoisotopic (exact) mass is 382 g/mol. The summed E-state index contributed by atoms with van der Waals surface area (Å²) in [6.45, 7) is 3.90. The maximum atomic E-state index is 12.9. The van der Waals surface area contributed by atoms with Gasteiger partial charge in [0.1, 0.15) is 11.6 Å². The zero-order chi connectivity index (χ0) is 18.8. The Hall–Kier alpha value is -2.67. The molecule has 3 heterocycles. The van der Waals surface area contributed by atoms with Crippen LogP contribution in [0.25, 0.3) is 0 Å². The molecule has 1 aromatic carbocycles. The lowest BCUT2D eigenvalue weighted by molar-refractivity contribution is 0.0703. The minimum atomic E-state index is -0.0346. The molecule has 6 nitrogen and oxygen atoms in total. The van der Waals surface area contributed by atoms with Crippen molar-refractivity contribution < 1.29 is 9.90 Å². The first-order valence-corrected chi connectivity index (χ1v) is 10.0. The van der Waals surface area contributed by atoms with Crippen LogP contribution in [0.3, 0.4) is 0 Å². The van der Waals surface area contributed by atoms with Gasteiger partial charge in [-0.15, -0.1) is 11.3 Å². The van der Waals surface area contributed by atoms with Crippen LogP contribution in [0, 0.1) is 6.92 Å². The van der Waals surface area contributed by atoms with Crippen molar-refractivity contribution >= 4 is 17.2 Å². The number of imidazole rings is 1. The highest BCUT2D eigenvalue weighted by atomic mass is 32.1. The number of rotatable bonds is 4. The van der Waals surface area contributed by atoms with Crippen LogP contribution in [0.15, 0.2) is 41.5 Å². The number of carbonyl (C=O) groups is 1. The number of likely N-dealkylation sites (tertiary alicyclic amines) is 1. The molecule has 27 heavy (non-hydrogen) atoms. The topological polar surface area (TPSA) is 71.2 Å². The number of hydrogen-bond acceptors (Lipinski definition) is 5. The fourth-order valence-corrected chi connectivity index (χ4v) is 4.15. The Kier molecular flexibility index (Phi) is 4.94. The van der Waals surface area contributed by atoms with Crippen molar-refractivity contribution in [3.8, 4) is 5.75 Å². The zero-order valence-corrected chi connectivity index (χ0v) is 16.0. The first-order chi connectivity index (χ1) is 13.1. The first-order valence-electron chi connectivity index (χ1n) is 9.09. The molecule has 0 bridgehead atoms. The van der Waals surface area contributed by atoms with Crippen LogP contribution in [0.4, 0.5) is 0 Å². The molecule has 1 aliphatic heterocycles. The maximum Gasteiger partial charge on any atom is 0.254 e. The van der Waals surface area contributed by atoms with Crippen molar-refractivity contribution in [3.63, 3.8) is 0 Å². The Balaban J connectivity index is 1.51. The van der Waals surface area contributed by atoms with E-state index in [1.54, 1.807) is 29.5 Å². The summed E-state index contributed by atoms with van der Waals surface area (Å²) in [7, 11) is 0. The molecule has 1 unspecified atom stereocenters. The number of benzene rings is 1. The molecule has 1 aliphatic rings. The molecule has 0 radical (unpaired) electrons. The zero-order valence-electron chi connectivity index (χ0n) is 15.2. The van der Waals surface area contributed by atoms with Crippen LogP contribution in [0.2, 0.25) is 0 Å². The Morgan fingerprint density at radius 2 is 2.26 bits per heavy atom. The molecule has 1 amide bonds. The van der Waals surface area contributed by atoms with Crippen LogP contribution in [0.1, 0.15) is 46.2 Å². The smallest absolute Gasteiger partial charge is 0.254 e. The molecule has 3 aromatic rings. The Morgan fingerprint density at radius 3 is 3.04 bits per heavy atom. The predicted octanol–water partition coefficient (Wildman–Crippen LogP) is 3.42. The number of piperidine rings is 1. The van der Waals surface area contributed by atoms with E-state index in [1.807, 2.05) is 35.1 Å². The maximum absolute atomic E-state index is 12.9. The van der Waals surface area contributed by atoms with Gasteiger partial charge in [-0.1, -0.05) is 6.07 Å². The van der Waals surface area contributed by atoms with Gasteiger partial charge in [0.15, 0.2) is 0 Å². The Morgan fingerprint density at radius 1 is 1.37 bits per heavy atom. The van der Waals surface area contributed by atoms with E-state index < -0.39 is 0 Å². The lowest BCUT2D eigenvalue weighted by atomic mass is 9.96. The van der Waals surface area contributed by atoms with Crippen molar-refractivity contribution in [2.45, 2.75) is 32.2 Å². The van der Waals surface area contributed by atoms with E-state index in [2.05, 4.69) is 14.5 Å². The molecule has 0 saturated carbocycles. The lowest BCUT2D eigenvalue weighted by Gasteiger charge is -2.32. The average molecular weight is 382 g/mol. The number of phenolic OH excluding ortho intramolecular Hbond substituents is 1. The molecule has 7 heteroatoms. The van der Waals surface area contributed by atoms with E-state index in [1.165, 1.54) is 0 Å². The molecule has 1 fully saturated rings. The van der Waals surface area contributed by atoms with Crippen molar-refractivity contribution in [3.05, 3.63) is 64.1 Å². The summed E-state index contributed by atoms with van der Waals surface area (Å²) in [5.41, 5.74) is 4.17. The van der Waals surface area contributed by atoms with Gasteiger partial charge in [-0.25, -0.2) is 9.97 Å². The fraction of sp³-hybridized carbons (Fsp3) is 0.350. The number of aromatic hydroxyl groups is 1. The van der Waals surface area contributed by atoms with Crippen LogP contribution in [-0.4, -0.2) is 43.5 Å². The number of thiazole rings is 1. The number of aryl methyl sites for hydroxylation is 1. The SMILES string of the molecule is Cc1ccc(C(=O)N2CCCC(c3nccn3Cc3cscn3)C2)cc1O. The Bertz CT molecular complexity index is 935. The second-order valence-electron chi connectivity index (χ2n) is 6.98. The van der Waals surface area contributed by atoms with E-state index in [0.717, 1.165) is 36.5 Å². The van der Waals surface area contributed by atoms with Gasteiger partial charge < -0.3 is 14.6 Å². The van der Waals surface area contributed by atoms with Gasteiger partial charge in [-0.05, 0) is 37.5 Å². The summed E-state index contributed by atoms with van der Waals surface area (Å²) in [5.74, 6) is 1.34. The molecule has 0 spiro atoms. The number of hydrogen-bond donors (Lipinski definition) is 1. The molecule has 140 valence electrons. The highest BCUT2D eigenvalue weighted by Crippen LogP contribution is 2.28. The quantitative estimate of drug-likeness (QED) is 0.750. The largest absolute Gasteiger partial charge is 0.508 e. The molecular weight excluding hydrogens is 360 g/mol. The number of carbonyl (C=O) groups excluding carboxylic acids is 1. The van der Waals surface area contributed by atoms with Crippen LogP contribution in [-0.2, 0) is 6.54 Å². The van der Waals surface area contributed by atoms with E-state index in [-0.39, 0.29) is 17.6 Å². The average Bonchev–Trinajstić information content (AvgIpc) is 3.36. The van der Waals surface area contributed by atoms with Crippen LogP contribution >= 0.6 is 11.3 Å². The number of nitrogens with zero attached hydrogens (tertiary/aromatic N) is 4. The summed E-state index contributed by atoms with van der Waals surface area (Å²) in [6.07, 6.45) is 5.75. The summed E-state index contributed by atoms with van der Waals surface area (Å²) in [6, 6.07) is 5.12. The normalized spacial score (nSPS) is 17.2. The van der Waals surface area contributed by atoms with Crippen molar-refractivity contribution in [2.75, 3.05) is 13.1 Å². The van der Waals surface area contributed by atoms with Gasteiger partial charge in [-0.3, -0.25) is 4.79 Å². The van der Waals surface area contributed by atoms with Crippen LogP contribution < -0.4 is 0 Å². The minimum absolute atomic E-state index is 0.0346.